The van der Waals surface area contributed by atoms with Gasteiger partial charge in [-0.25, -0.2) is 9.98 Å². The minimum atomic E-state index is -0.548. The van der Waals surface area contributed by atoms with Crippen LogP contribution in [0.1, 0.15) is 41.5 Å². The number of nitriles is 1. The Morgan fingerprint density at radius 3 is 2.64 bits per heavy atom. The monoisotopic (exact) mass is 468 g/mol. The summed E-state index contributed by atoms with van der Waals surface area (Å²) in [5.41, 5.74) is -0.948. The fourth-order valence-electron chi connectivity index (χ4n) is 2.92. The first-order valence-corrected chi connectivity index (χ1v) is 11.4. The van der Waals surface area contributed by atoms with Gasteiger partial charge in [-0.15, -0.1) is 11.3 Å². The van der Waals surface area contributed by atoms with Crippen molar-refractivity contribution in [1.82, 2.24) is 9.55 Å². The third-order valence-electron chi connectivity index (χ3n) is 4.75. The third-order valence-corrected chi connectivity index (χ3v) is 5.88. The van der Waals surface area contributed by atoms with Gasteiger partial charge in [0.1, 0.15) is 39.1 Å². The van der Waals surface area contributed by atoms with E-state index in [4.69, 9.17) is 4.74 Å². The standard InChI is InChI=1S/C23H28N6O3S/c1-7-29-19(30)15(33-20(29)14(11-24)18-28-23(5,6)13-32-18)12-25-16-9-8-10-17(26-16)27-21(31)22(2,3)4/h8-10,12H,7,13H2,1-6H3,(H2,25,26,27,31). The minimum Gasteiger partial charge on any atom is -0.474 e. The summed E-state index contributed by atoms with van der Waals surface area (Å²) in [6.45, 7) is 11.9. The van der Waals surface area contributed by atoms with Crippen LogP contribution in [0.2, 0.25) is 0 Å². The van der Waals surface area contributed by atoms with Crippen LogP contribution in [-0.2, 0) is 16.1 Å². The quantitative estimate of drug-likeness (QED) is 0.693. The van der Waals surface area contributed by atoms with Crippen LogP contribution >= 0.6 is 11.3 Å². The molecule has 0 aromatic carbocycles. The summed E-state index contributed by atoms with van der Waals surface area (Å²) in [6, 6.07) is 7.33. The Bertz CT molecular complexity index is 1320. The number of carbonyl (C=O) groups is 1. The molecule has 2 N–H and O–H groups in total. The van der Waals surface area contributed by atoms with Crippen LogP contribution < -0.4 is 25.4 Å². The number of hydrogen-bond donors (Lipinski definition) is 2. The minimum absolute atomic E-state index is 0.148. The van der Waals surface area contributed by atoms with E-state index in [0.717, 1.165) is 0 Å². The molecule has 0 saturated heterocycles. The molecule has 2 aromatic heterocycles. The van der Waals surface area contributed by atoms with E-state index in [9.17, 15) is 14.9 Å². The highest BCUT2D eigenvalue weighted by Gasteiger charge is 2.29. The Hall–Kier alpha value is -3.45. The van der Waals surface area contributed by atoms with Crippen molar-refractivity contribution in [1.29, 1.82) is 5.26 Å². The maximum absolute atomic E-state index is 12.9. The van der Waals surface area contributed by atoms with Gasteiger partial charge in [0.15, 0.2) is 0 Å². The van der Waals surface area contributed by atoms with Crippen LogP contribution in [-0.4, -0.2) is 33.5 Å². The van der Waals surface area contributed by atoms with E-state index >= 15 is 0 Å². The Morgan fingerprint density at radius 2 is 2.06 bits per heavy atom. The van der Waals surface area contributed by atoms with Crippen molar-refractivity contribution in [3.8, 4) is 6.07 Å². The van der Waals surface area contributed by atoms with Gasteiger partial charge in [-0.1, -0.05) is 26.8 Å². The number of pyridine rings is 1. The molecule has 10 heteroatoms. The molecular formula is C23H28N6O3S. The molecule has 0 atom stereocenters. The number of carbonyl (C=O) groups excluding carboxylic acids is 1. The predicted octanol–water partition coefficient (Wildman–Crippen LogP) is 2.04. The van der Waals surface area contributed by atoms with E-state index in [1.807, 2.05) is 41.5 Å². The highest BCUT2D eigenvalue weighted by atomic mass is 32.1. The van der Waals surface area contributed by atoms with Gasteiger partial charge in [-0.2, -0.15) is 5.26 Å². The van der Waals surface area contributed by atoms with Crippen LogP contribution in [0.5, 0.6) is 0 Å². The van der Waals surface area contributed by atoms with E-state index in [0.29, 0.717) is 34.0 Å². The van der Waals surface area contributed by atoms with E-state index in [1.54, 1.807) is 24.4 Å². The molecule has 0 aliphatic carbocycles. The summed E-state index contributed by atoms with van der Waals surface area (Å²) in [7, 11) is 0. The second-order valence-electron chi connectivity index (χ2n) is 9.23. The lowest BCUT2D eigenvalue weighted by Crippen LogP contribution is -2.32. The number of ether oxygens (including phenoxy) is 1. The lowest BCUT2D eigenvalue weighted by atomic mass is 9.96. The van der Waals surface area contributed by atoms with Crippen molar-refractivity contribution < 1.29 is 9.53 Å². The van der Waals surface area contributed by atoms with Gasteiger partial charge in [0.05, 0.1) is 5.54 Å². The van der Waals surface area contributed by atoms with Gasteiger partial charge in [0, 0.05) is 18.2 Å². The number of nitrogens with zero attached hydrogens (tertiary/aromatic N) is 4. The molecule has 1 amide bonds. The maximum Gasteiger partial charge on any atom is 0.270 e. The lowest BCUT2D eigenvalue weighted by molar-refractivity contribution is -0.123. The van der Waals surface area contributed by atoms with Gasteiger partial charge >= 0.3 is 0 Å². The summed E-state index contributed by atoms with van der Waals surface area (Å²) in [6.07, 6.45) is 1.55. The first kappa shape index (κ1) is 24.2. The molecule has 1 aliphatic rings. The fraction of sp³-hybridized carbons (Fsp3) is 0.435. The van der Waals surface area contributed by atoms with Crippen molar-refractivity contribution in [3.05, 3.63) is 37.7 Å². The maximum atomic E-state index is 12.9. The van der Waals surface area contributed by atoms with Crippen molar-refractivity contribution in [2.45, 2.75) is 53.6 Å². The molecule has 2 aromatic rings. The second kappa shape index (κ2) is 9.19. The Labute approximate surface area is 196 Å². The summed E-state index contributed by atoms with van der Waals surface area (Å²) < 4.78 is 8.06. The molecule has 3 heterocycles. The molecule has 0 spiro atoms. The predicted molar refractivity (Wildman–Crippen MR) is 130 cm³/mol. The molecule has 0 radical (unpaired) electrons. The molecule has 9 nitrogen and oxygen atoms in total. The largest absolute Gasteiger partial charge is 0.474 e. The van der Waals surface area contributed by atoms with Crippen LogP contribution in [0.25, 0.3) is 11.8 Å². The zero-order valence-electron chi connectivity index (χ0n) is 19.6. The molecule has 0 bridgehead atoms. The zero-order valence-corrected chi connectivity index (χ0v) is 20.5. The van der Waals surface area contributed by atoms with Crippen molar-refractivity contribution >= 4 is 46.6 Å². The van der Waals surface area contributed by atoms with E-state index in [2.05, 4.69) is 26.7 Å². The van der Waals surface area contributed by atoms with E-state index < -0.39 is 11.0 Å². The summed E-state index contributed by atoms with van der Waals surface area (Å²) in [5.74, 6) is 0.984. The van der Waals surface area contributed by atoms with Crippen LogP contribution in [0.3, 0.4) is 0 Å². The van der Waals surface area contributed by atoms with Crippen molar-refractivity contribution in [3.63, 3.8) is 0 Å². The molecule has 3 rings (SSSR count). The van der Waals surface area contributed by atoms with Crippen LogP contribution in [0.15, 0.2) is 28.0 Å². The normalized spacial score (nSPS) is 16.5. The summed E-state index contributed by atoms with van der Waals surface area (Å²) in [5, 5.41) is 15.6. The van der Waals surface area contributed by atoms with Crippen molar-refractivity contribution in [2.24, 2.45) is 10.4 Å². The fourth-order valence-corrected chi connectivity index (χ4v) is 4.00. The zero-order chi connectivity index (χ0) is 24.4. The third kappa shape index (κ3) is 5.49. The number of rotatable bonds is 5. The van der Waals surface area contributed by atoms with Crippen LogP contribution in [0.4, 0.5) is 11.6 Å². The number of aliphatic imine (C=N–C) groups is 1. The Morgan fingerprint density at radius 1 is 1.36 bits per heavy atom. The Balaban J connectivity index is 1.98. The van der Waals surface area contributed by atoms with E-state index in [-0.39, 0.29) is 22.9 Å². The number of nitrogens with one attached hydrogen (secondary N) is 2. The van der Waals surface area contributed by atoms with Gasteiger partial charge in [0.2, 0.25) is 11.8 Å². The first-order chi connectivity index (χ1) is 15.4. The lowest BCUT2D eigenvalue weighted by Gasteiger charge is -2.17. The molecule has 0 fully saturated rings. The molecule has 0 saturated carbocycles. The molecular weight excluding hydrogens is 440 g/mol. The van der Waals surface area contributed by atoms with Gasteiger partial charge in [-0.05, 0) is 32.9 Å². The topological polar surface area (TPSA) is 121 Å². The molecule has 33 heavy (non-hydrogen) atoms. The highest BCUT2D eigenvalue weighted by Crippen LogP contribution is 2.20. The number of amides is 1. The summed E-state index contributed by atoms with van der Waals surface area (Å²) >= 11 is 1.18. The van der Waals surface area contributed by atoms with Gasteiger partial charge in [0.25, 0.3) is 5.56 Å². The number of anilines is 2. The molecule has 174 valence electrons. The Kier molecular flexibility index (Phi) is 6.74. The molecule has 1 aliphatic heterocycles. The summed E-state index contributed by atoms with van der Waals surface area (Å²) in [4.78, 5) is 34.0. The average molecular weight is 469 g/mol. The SMILES string of the molecule is CCn1c(=C(C#N)C2=NC(C)(C)CO2)sc(=CNc2cccc(NC(=O)C(C)(C)C)n2)c1=O. The highest BCUT2D eigenvalue weighted by molar-refractivity contribution is 7.07. The first-order valence-electron chi connectivity index (χ1n) is 10.6. The van der Waals surface area contributed by atoms with Crippen LogP contribution in [0, 0.1) is 16.7 Å². The average Bonchev–Trinajstić information content (AvgIpc) is 3.25. The number of thiazole rings is 1. The smallest absolute Gasteiger partial charge is 0.270 e. The van der Waals surface area contributed by atoms with Crippen molar-refractivity contribution in [2.75, 3.05) is 17.2 Å². The van der Waals surface area contributed by atoms with E-state index in [1.165, 1.54) is 15.9 Å². The number of hydrogen-bond acceptors (Lipinski definition) is 8. The van der Waals surface area contributed by atoms with Gasteiger partial charge in [-0.3, -0.25) is 14.2 Å². The van der Waals surface area contributed by atoms with Gasteiger partial charge < -0.3 is 15.4 Å². The molecule has 0 unspecified atom stereocenters. The second-order valence-corrected chi connectivity index (χ2v) is 10.3. The number of aromatic nitrogens is 2.